The van der Waals surface area contributed by atoms with Crippen LogP contribution in [0.1, 0.15) is 26.7 Å². The van der Waals surface area contributed by atoms with Crippen LogP contribution in [0.3, 0.4) is 0 Å². The molecule has 1 fully saturated rings. The van der Waals surface area contributed by atoms with Gasteiger partial charge in [0.15, 0.2) is 0 Å². The van der Waals surface area contributed by atoms with E-state index in [1.807, 2.05) is 6.92 Å². The van der Waals surface area contributed by atoms with Gasteiger partial charge in [-0.25, -0.2) is 4.79 Å². The summed E-state index contributed by atoms with van der Waals surface area (Å²) in [5, 5.41) is 3.57. The van der Waals surface area contributed by atoms with Crippen LogP contribution >= 0.6 is 11.6 Å². The number of nitrogens with zero attached hydrogens (tertiary/aromatic N) is 1. The minimum absolute atomic E-state index is 0.725. The Kier molecular flexibility index (Phi) is 3.09. The van der Waals surface area contributed by atoms with Gasteiger partial charge in [-0.15, -0.1) is 0 Å². The molecule has 4 heteroatoms. The molecule has 1 aliphatic carbocycles. The molecule has 0 radical (unpaired) electrons. The Hall–Kier alpha value is -0.570. The molecule has 0 spiro atoms. The predicted octanol–water partition coefficient (Wildman–Crippen LogP) is 2.78. The highest BCUT2D eigenvalue weighted by atomic mass is 35.5. The molecular weight excluding hydrogens is 178 g/mol. The smallest absolute Gasteiger partial charge is 0.302 e. The Morgan fingerprint density at radius 2 is 2.33 bits per heavy atom. The van der Waals surface area contributed by atoms with Crippen molar-refractivity contribution < 1.29 is 9.63 Å². The molecule has 3 nitrogen and oxygen atoms in total. The van der Waals surface area contributed by atoms with Gasteiger partial charge in [0.05, 0.1) is 5.71 Å². The second-order valence-electron chi connectivity index (χ2n) is 3.33. The minimum atomic E-state index is -0.877. The van der Waals surface area contributed by atoms with Crippen LogP contribution in [0, 0.1) is 11.8 Å². The van der Waals surface area contributed by atoms with E-state index in [2.05, 4.69) is 16.9 Å². The molecule has 0 N–H and O–H groups in total. The Balaban J connectivity index is 2.22. The lowest BCUT2D eigenvalue weighted by Gasteiger charge is -1.96. The SMILES string of the molecule is C/C(C[C@H]1CC1C)=N\OC(=O)Cl. The topological polar surface area (TPSA) is 38.7 Å². The van der Waals surface area contributed by atoms with Crippen LogP contribution in [0.2, 0.25) is 0 Å². The largest absolute Gasteiger partial charge is 0.429 e. The summed E-state index contributed by atoms with van der Waals surface area (Å²) in [4.78, 5) is 14.4. The molecule has 0 aromatic carbocycles. The molecule has 0 saturated heterocycles. The van der Waals surface area contributed by atoms with Crippen molar-refractivity contribution in [2.45, 2.75) is 26.7 Å². The highest BCUT2D eigenvalue weighted by molar-refractivity contribution is 6.61. The maximum atomic E-state index is 10.2. The zero-order valence-electron chi connectivity index (χ0n) is 7.21. The zero-order chi connectivity index (χ0) is 9.14. The van der Waals surface area contributed by atoms with Crippen molar-refractivity contribution in [2.24, 2.45) is 17.0 Å². The average Bonchev–Trinajstić information content (AvgIpc) is 2.62. The first-order valence-corrected chi connectivity index (χ1v) is 4.37. The first kappa shape index (κ1) is 9.52. The fourth-order valence-electron chi connectivity index (χ4n) is 1.21. The highest BCUT2D eigenvalue weighted by Crippen LogP contribution is 2.40. The quantitative estimate of drug-likeness (QED) is 0.296. The maximum absolute atomic E-state index is 10.2. The lowest BCUT2D eigenvalue weighted by Crippen LogP contribution is -1.96. The molecule has 0 aromatic rings. The predicted molar refractivity (Wildman–Crippen MR) is 47.3 cm³/mol. The van der Waals surface area contributed by atoms with Crippen LogP contribution in [0.15, 0.2) is 5.16 Å². The van der Waals surface area contributed by atoms with E-state index >= 15 is 0 Å². The fraction of sp³-hybridized carbons (Fsp3) is 0.750. The van der Waals surface area contributed by atoms with Crippen LogP contribution in [-0.4, -0.2) is 11.1 Å². The van der Waals surface area contributed by atoms with Gasteiger partial charge in [-0.1, -0.05) is 12.1 Å². The molecular formula is C8H12ClNO2. The van der Waals surface area contributed by atoms with Gasteiger partial charge >= 0.3 is 5.43 Å². The summed E-state index contributed by atoms with van der Waals surface area (Å²) in [5.41, 5.74) is -0.0449. The molecule has 0 aromatic heterocycles. The number of carbonyl (C=O) groups excluding carboxylic acids is 1. The first-order valence-electron chi connectivity index (χ1n) is 3.99. The number of halogens is 1. The van der Waals surface area contributed by atoms with Crippen molar-refractivity contribution in [3.63, 3.8) is 0 Å². The second-order valence-corrected chi connectivity index (χ2v) is 3.64. The summed E-state index contributed by atoms with van der Waals surface area (Å²) in [5.74, 6) is 1.52. The molecule has 2 atom stereocenters. The number of hydrogen-bond donors (Lipinski definition) is 0. The Labute approximate surface area is 76.7 Å². The monoisotopic (exact) mass is 189 g/mol. The summed E-state index contributed by atoms with van der Waals surface area (Å²) >= 11 is 4.93. The van der Waals surface area contributed by atoms with Gasteiger partial charge in [0.25, 0.3) is 0 Å². The molecule has 12 heavy (non-hydrogen) atoms. The summed E-state index contributed by atoms with van der Waals surface area (Å²) in [6.07, 6.45) is 2.16. The first-order chi connectivity index (χ1) is 5.59. The van der Waals surface area contributed by atoms with Gasteiger partial charge in [-0.2, -0.15) is 0 Å². The van der Waals surface area contributed by atoms with E-state index in [1.165, 1.54) is 6.42 Å². The molecule has 1 unspecified atom stereocenters. The van der Waals surface area contributed by atoms with E-state index in [1.54, 1.807) is 0 Å². The summed E-state index contributed by atoms with van der Waals surface area (Å²) in [6, 6.07) is 0. The number of oxime groups is 1. The van der Waals surface area contributed by atoms with E-state index < -0.39 is 5.43 Å². The van der Waals surface area contributed by atoms with Gasteiger partial charge in [-0.05, 0) is 31.6 Å². The van der Waals surface area contributed by atoms with Gasteiger partial charge in [0, 0.05) is 11.6 Å². The van der Waals surface area contributed by atoms with E-state index in [-0.39, 0.29) is 0 Å². The van der Waals surface area contributed by atoms with E-state index in [0.717, 1.165) is 24.0 Å². The maximum Gasteiger partial charge on any atom is 0.429 e. The molecule has 1 aliphatic rings. The van der Waals surface area contributed by atoms with Gasteiger partial charge in [0.2, 0.25) is 0 Å². The molecule has 0 bridgehead atoms. The van der Waals surface area contributed by atoms with Gasteiger partial charge in [-0.3, -0.25) is 0 Å². The third kappa shape index (κ3) is 3.22. The average molecular weight is 190 g/mol. The van der Waals surface area contributed by atoms with Gasteiger partial charge in [0.1, 0.15) is 0 Å². The normalized spacial score (nSPS) is 28.4. The van der Waals surface area contributed by atoms with Crippen molar-refractivity contribution >= 4 is 22.7 Å². The van der Waals surface area contributed by atoms with Gasteiger partial charge < -0.3 is 4.84 Å². The molecule has 0 heterocycles. The molecule has 1 saturated carbocycles. The summed E-state index contributed by atoms with van der Waals surface area (Å²) < 4.78 is 0. The Morgan fingerprint density at radius 3 is 2.75 bits per heavy atom. The van der Waals surface area contributed by atoms with Crippen molar-refractivity contribution in [3.05, 3.63) is 0 Å². The van der Waals surface area contributed by atoms with Crippen molar-refractivity contribution in [2.75, 3.05) is 0 Å². The van der Waals surface area contributed by atoms with E-state index in [4.69, 9.17) is 11.6 Å². The van der Waals surface area contributed by atoms with E-state index in [0.29, 0.717) is 0 Å². The van der Waals surface area contributed by atoms with Crippen LogP contribution in [-0.2, 0) is 4.84 Å². The highest BCUT2D eigenvalue weighted by Gasteiger charge is 2.32. The third-order valence-electron chi connectivity index (χ3n) is 2.11. The van der Waals surface area contributed by atoms with Crippen molar-refractivity contribution in [1.29, 1.82) is 0 Å². The van der Waals surface area contributed by atoms with Crippen LogP contribution in [0.4, 0.5) is 4.79 Å². The minimum Gasteiger partial charge on any atom is -0.302 e. The van der Waals surface area contributed by atoms with Crippen molar-refractivity contribution in [1.82, 2.24) is 0 Å². The Bertz CT molecular complexity index is 215. The Morgan fingerprint density at radius 1 is 1.75 bits per heavy atom. The third-order valence-corrected chi connectivity index (χ3v) is 2.18. The summed E-state index contributed by atoms with van der Waals surface area (Å²) in [7, 11) is 0. The summed E-state index contributed by atoms with van der Waals surface area (Å²) in [6.45, 7) is 4.04. The van der Waals surface area contributed by atoms with Crippen LogP contribution < -0.4 is 0 Å². The molecule has 1 rings (SSSR count). The molecule has 0 amide bonds. The number of rotatable bonds is 3. The number of carbonyl (C=O) groups is 1. The second kappa shape index (κ2) is 3.90. The fourth-order valence-corrected chi connectivity index (χ4v) is 1.25. The standard InChI is InChI=1S/C8H12ClNO2/c1-5-3-7(5)4-6(2)10-12-8(9)11/h5,7H,3-4H2,1-2H3/b10-6+/t5?,7-/m1/s1. The van der Waals surface area contributed by atoms with Crippen molar-refractivity contribution in [3.8, 4) is 0 Å². The molecule has 0 aliphatic heterocycles. The van der Waals surface area contributed by atoms with E-state index in [9.17, 15) is 4.79 Å². The zero-order valence-corrected chi connectivity index (χ0v) is 7.97. The lowest BCUT2D eigenvalue weighted by molar-refractivity contribution is 0.178. The number of hydrogen-bond acceptors (Lipinski definition) is 3. The van der Waals surface area contributed by atoms with Crippen LogP contribution in [0.25, 0.3) is 0 Å². The molecule has 68 valence electrons. The lowest BCUT2D eigenvalue weighted by atomic mass is 10.2. The van der Waals surface area contributed by atoms with Crippen LogP contribution in [0.5, 0.6) is 0 Å².